The zero-order valence-corrected chi connectivity index (χ0v) is 71.5. The molecule has 15 N–H and O–H groups in total. The largest absolute Gasteiger partial charge is 0.496 e. The number of morpholine rings is 1. The zero-order valence-electron chi connectivity index (χ0n) is 71.5. The van der Waals surface area contributed by atoms with Gasteiger partial charge in [0.05, 0.1) is 155 Å². The number of nitrogens with two attached hydrogens (primary N) is 3. The van der Waals surface area contributed by atoms with Crippen LogP contribution in [0.2, 0.25) is 0 Å². The summed E-state index contributed by atoms with van der Waals surface area (Å²) in [5, 5.41) is 22.9. The summed E-state index contributed by atoms with van der Waals surface area (Å²) in [7, 11) is 5.03. The van der Waals surface area contributed by atoms with Gasteiger partial charge < -0.3 is 126 Å². The molecule has 9 amide bonds. The van der Waals surface area contributed by atoms with Crippen molar-refractivity contribution >= 4 is 93.1 Å². The van der Waals surface area contributed by atoms with Crippen molar-refractivity contribution in [3.05, 3.63) is 137 Å². The first-order valence-electron chi connectivity index (χ1n) is 42.0. The van der Waals surface area contributed by atoms with Crippen LogP contribution in [0.5, 0.6) is 5.75 Å². The molecule has 123 heavy (non-hydrogen) atoms. The lowest BCUT2D eigenvalue weighted by molar-refractivity contribution is -0.181. The molecule has 672 valence electrons. The highest BCUT2D eigenvalue weighted by Crippen LogP contribution is 2.37. The fraction of sp³-hybridized carbons (Fsp3) is 0.535. The van der Waals surface area contributed by atoms with Gasteiger partial charge >= 0.3 is 12.1 Å². The molecule has 0 saturated carbocycles. The lowest BCUT2D eigenvalue weighted by Gasteiger charge is -2.53. The Morgan fingerprint density at radius 2 is 1.28 bits per heavy atom. The van der Waals surface area contributed by atoms with E-state index in [1.807, 2.05) is 48.7 Å². The molecule has 0 aliphatic carbocycles. The molecule has 2 saturated heterocycles. The van der Waals surface area contributed by atoms with E-state index >= 15 is 0 Å². The van der Waals surface area contributed by atoms with Crippen molar-refractivity contribution in [1.29, 1.82) is 0 Å². The van der Waals surface area contributed by atoms with Crippen LogP contribution in [0, 0.1) is 5.92 Å². The number of para-hydroxylation sites is 1. The highest BCUT2D eigenvalue weighted by Gasteiger charge is 2.48. The van der Waals surface area contributed by atoms with Gasteiger partial charge in [0, 0.05) is 108 Å². The van der Waals surface area contributed by atoms with E-state index in [-0.39, 0.29) is 77.6 Å². The summed E-state index contributed by atoms with van der Waals surface area (Å²) in [5.41, 5.74) is 22.3. The SMILES string of the molecule is CCCCCNc1nc(N)nc2ccn(Cc3ccc(CN4CC5(C4)CN(C(=O)OCc4ccc(NC(=O)C(CCCNC(N)=O)NC(=O)[C@@H](NC(=O)[C@H](CNC(=O)CCOCCOCCOCCOCCOCCOCCOCCOC)NC(=O)CCC(=O)N6Cc7ccccc7/C(NN)=C(/NC)c7ccccc76)C(C)C)cc4)CCO5)cc3OC)c12. The molecular formula is C86H124N18O19. The van der Waals surface area contributed by atoms with Gasteiger partial charge in [-0.3, -0.25) is 39.5 Å². The van der Waals surface area contributed by atoms with Crippen molar-refractivity contribution in [2.75, 3.05) is 194 Å². The number of nitrogen functional groups attached to an aromatic ring is 1. The molecule has 3 aliphatic rings. The summed E-state index contributed by atoms with van der Waals surface area (Å²) in [6.07, 6.45) is 4.06. The van der Waals surface area contributed by atoms with E-state index in [0.29, 0.717) is 165 Å². The van der Waals surface area contributed by atoms with Gasteiger partial charge in [0.25, 0.3) is 0 Å². The molecule has 37 heteroatoms. The number of hydrazine groups is 1. The van der Waals surface area contributed by atoms with Gasteiger partial charge in [-0.25, -0.2) is 14.6 Å². The molecule has 3 aliphatic heterocycles. The number of primary amides is 1. The lowest BCUT2D eigenvalue weighted by atomic mass is 9.91. The predicted octanol–water partition coefficient (Wildman–Crippen LogP) is 4.50. The monoisotopic (exact) mass is 1710 g/mol. The lowest BCUT2D eigenvalue weighted by Crippen LogP contribution is -2.70. The first-order valence-corrected chi connectivity index (χ1v) is 42.0. The number of carbonyl (C=O) groups excluding carboxylic acids is 8. The van der Waals surface area contributed by atoms with Crippen molar-refractivity contribution in [3.8, 4) is 5.75 Å². The van der Waals surface area contributed by atoms with Crippen molar-refractivity contribution in [1.82, 2.24) is 61.7 Å². The van der Waals surface area contributed by atoms with Crippen molar-refractivity contribution in [3.63, 3.8) is 0 Å². The quantitative estimate of drug-likeness (QED) is 0.0142. The third-order valence-corrected chi connectivity index (χ3v) is 20.6. The number of ether oxygens (including phenoxy) is 11. The number of nitrogens with zero attached hydrogens (tertiary/aromatic N) is 6. The fourth-order valence-electron chi connectivity index (χ4n) is 14.3. The fourth-order valence-corrected chi connectivity index (χ4v) is 14.3. The second kappa shape index (κ2) is 51.3. The minimum atomic E-state index is -1.49. The van der Waals surface area contributed by atoms with Crippen LogP contribution in [0.1, 0.15) is 106 Å². The maximum Gasteiger partial charge on any atom is 0.410 e. The Morgan fingerprint density at radius 1 is 0.626 bits per heavy atom. The van der Waals surface area contributed by atoms with Gasteiger partial charge in [0.15, 0.2) is 5.82 Å². The molecule has 0 bridgehead atoms. The van der Waals surface area contributed by atoms with Crippen molar-refractivity contribution in [2.24, 2.45) is 17.5 Å². The minimum Gasteiger partial charge on any atom is -0.496 e. The number of fused-ring (bicyclic) bond motifs is 3. The number of hydrogen-bond acceptors (Lipinski definition) is 27. The number of benzene rings is 4. The molecule has 2 aromatic heterocycles. The van der Waals surface area contributed by atoms with Gasteiger partial charge in [-0.15, -0.1) is 0 Å². The standard InChI is InChI=1S/C86H124N18O19/c1-7-8-13-30-91-79-78-67(97-83(87)99-79)28-32-102(78)53-63-23-20-61(50-71(63)114-6)52-101-56-86(57-101)58-103(33-35-123-86)85(112)122-55-60-21-24-64(25-22-60)94-80(108)68(18-14-31-92-84(88)111)96-82(110)75(59(2)3)98-81(109)69(51-93-72(105)29-34-115-38-39-117-42-43-119-46-47-121-49-48-120-45-44-118-41-40-116-37-36-113-5)95-73(106)26-27-74(107)104-54-62-15-9-10-16-65(62)77(100-89)76(90-4)66-17-11-12-19-70(66)104/h9-12,15-17,19-25,28,32,50,59,68-69,75,90,100H,7-8,13-14,18,26-27,29-31,33-49,51-58,89H2,1-6H3,(H,93,105)(H,94,108)(H,95,106)(H,96,110)(H,98,109)(H3,88,92,111)(H3,87,91,97,99)/b77-76-/t68?,69-,75-/m0/s1. The number of unbranched alkanes of at least 4 members (excludes halogenated alkanes) is 2. The first-order chi connectivity index (χ1) is 59.7. The molecule has 37 nitrogen and oxygen atoms in total. The van der Waals surface area contributed by atoms with Crippen LogP contribution in [0.4, 0.5) is 32.7 Å². The molecule has 1 spiro atoms. The van der Waals surface area contributed by atoms with Crippen LogP contribution in [0.25, 0.3) is 22.4 Å². The third-order valence-electron chi connectivity index (χ3n) is 20.6. The minimum absolute atomic E-state index is 0.000109. The summed E-state index contributed by atoms with van der Waals surface area (Å²) in [6.45, 7) is 14.8. The van der Waals surface area contributed by atoms with Crippen LogP contribution in [0.3, 0.4) is 0 Å². The molecule has 5 heterocycles. The highest BCUT2D eigenvalue weighted by molar-refractivity contribution is 6.03. The molecule has 1 unspecified atom stereocenters. The topological polar surface area (TPSA) is 465 Å². The number of anilines is 4. The number of hydrogen-bond donors (Lipinski definition) is 12. The van der Waals surface area contributed by atoms with E-state index in [4.69, 9.17) is 69.4 Å². The van der Waals surface area contributed by atoms with E-state index < -0.39 is 83.8 Å². The Labute approximate surface area is 718 Å². The Hall–Kier alpha value is -10.8. The average molecular weight is 1710 g/mol. The van der Waals surface area contributed by atoms with Gasteiger partial charge in [-0.2, -0.15) is 4.98 Å². The number of methoxy groups -OCH3 is 2. The van der Waals surface area contributed by atoms with Gasteiger partial charge in [0.2, 0.25) is 41.4 Å². The molecule has 3 atom stereocenters. The Bertz CT molecular complexity index is 4400. The second-order valence-electron chi connectivity index (χ2n) is 30.2. The summed E-state index contributed by atoms with van der Waals surface area (Å²) in [5.74, 6) is 3.23. The van der Waals surface area contributed by atoms with E-state index in [0.717, 1.165) is 64.8 Å². The van der Waals surface area contributed by atoms with Gasteiger partial charge in [0.1, 0.15) is 41.6 Å². The van der Waals surface area contributed by atoms with Crippen LogP contribution in [-0.2, 0) is 102 Å². The van der Waals surface area contributed by atoms with Crippen molar-refractivity contribution < 1.29 is 90.5 Å². The number of rotatable bonds is 55. The molecule has 2 fully saturated rings. The van der Waals surface area contributed by atoms with Crippen LogP contribution >= 0.6 is 0 Å². The maximum absolute atomic E-state index is 14.6. The molecular weight excluding hydrogens is 1590 g/mol. The summed E-state index contributed by atoms with van der Waals surface area (Å²) in [4.78, 5) is 126. The Kier molecular flexibility index (Phi) is 40.0. The summed E-state index contributed by atoms with van der Waals surface area (Å²) in [6, 6.07) is 24.7. The van der Waals surface area contributed by atoms with E-state index in [1.54, 1.807) is 81.3 Å². The van der Waals surface area contributed by atoms with Crippen LogP contribution in [0.15, 0.2) is 103 Å². The average Bonchev–Trinajstić information content (AvgIpc) is 1.15. The Balaban J connectivity index is 0.753. The van der Waals surface area contributed by atoms with Gasteiger partial charge in [-0.05, 0) is 72.2 Å². The number of likely N-dealkylation sites (tertiary alicyclic amines) is 1. The predicted molar refractivity (Wildman–Crippen MR) is 462 cm³/mol. The number of urea groups is 1. The summed E-state index contributed by atoms with van der Waals surface area (Å²) >= 11 is 0. The number of nitrogens with one attached hydrogen (secondary N) is 9. The normalized spacial score (nSPS) is 15.0. The first kappa shape index (κ1) is 96.0. The molecule has 0 radical (unpaired) electrons. The molecule has 6 aromatic rings. The maximum atomic E-state index is 14.6. The van der Waals surface area contributed by atoms with Crippen LogP contribution < -0.4 is 74.9 Å². The third kappa shape index (κ3) is 30.6. The van der Waals surface area contributed by atoms with E-state index in [1.165, 1.54) is 0 Å². The van der Waals surface area contributed by atoms with Crippen molar-refractivity contribution in [2.45, 2.75) is 122 Å². The number of carbonyl (C=O) groups is 8. The van der Waals surface area contributed by atoms with Gasteiger partial charge in [-0.1, -0.05) is 100 Å². The molecule has 9 rings (SSSR count). The van der Waals surface area contributed by atoms with Crippen LogP contribution in [-0.4, -0.2) is 268 Å². The number of aromatic nitrogens is 3. The highest BCUT2D eigenvalue weighted by atomic mass is 16.6. The smallest absolute Gasteiger partial charge is 0.410 e. The summed E-state index contributed by atoms with van der Waals surface area (Å²) < 4.78 is 63.8. The van der Waals surface area contributed by atoms with E-state index in [9.17, 15) is 38.4 Å². The van der Waals surface area contributed by atoms with E-state index in [2.05, 4.69) is 92.5 Å². The zero-order chi connectivity index (χ0) is 87.7. The second-order valence-corrected chi connectivity index (χ2v) is 30.2. The number of amides is 9. The Morgan fingerprint density at radius 3 is 1.92 bits per heavy atom. The molecule has 4 aromatic carbocycles.